The Morgan fingerprint density at radius 3 is 2.60 bits per heavy atom. The lowest BCUT2D eigenvalue weighted by Gasteiger charge is -1.92. The van der Waals surface area contributed by atoms with E-state index in [1.807, 2.05) is 0 Å². The summed E-state index contributed by atoms with van der Waals surface area (Å²) in [5.74, 6) is -0.819. The summed E-state index contributed by atoms with van der Waals surface area (Å²) < 4.78 is 21.5. The molecule has 0 aliphatic carbocycles. The van der Waals surface area contributed by atoms with Gasteiger partial charge in [0.15, 0.2) is 5.78 Å². The van der Waals surface area contributed by atoms with Crippen LogP contribution in [0.25, 0.3) is 0 Å². The van der Waals surface area contributed by atoms with Crippen molar-refractivity contribution in [3.8, 4) is 0 Å². The fourth-order valence-corrected chi connectivity index (χ4v) is 0.866. The third-order valence-corrected chi connectivity index (χ3v) is 1.64. The molecule has 1 nitrogen and oxygen atoms in total. The van der Waals surface area contributed by atoms with E-state index in [1.165, 1.54) is 12.1 Å². The number of halogens is 1. The standard InChI is InChI=1S/C8H7BrO/c1-6(10)7-2-4-8(9)5-3-7/h2-5H,1H3/i1D3. The molecule has 0 saturated heterocycles. The molecule has 10 heavy (non-hydrogen) atoms. The average molecular weight is 202 g/mol. The van der Waals surface area contributed by atoms with Crippen LogP contribution in [0.4, 0.5) is 0 Å². The molecule has 0 atom stereocenters. The zero-order valence-electron chi connectivity index (χ0n) is 8.10. The number of hydrogen-bond acceptors (Lipinski definition) is 1. The molecule has 0 spiro atoms. The number of ketones is 1. The van der Waals surface area contributed by atoms with Crippen LogP contribution in [-0.4, -0.2) is 5.78 Å². The highest BCUT2D eigenvalue weighted by Crippen LogP contribution is 2.10. The van der Waals surface area contributed by atoms with Gasteiger partial charge in [0.05, 0.1) is 0 Å². The summed E-state index contributed by atoms with van der Waals surface area (Å²) in [6.07, 6.45) is 0. The van der Waals surface area contributed by atoms with Gasteiger partial charge in [-0.3, -0.25) is 4.79 Å². The van der Waals surface area contributed by atoms with Crippen molar-refractivity contribution >= 4 is 21.7 Å². The molecule has 0 heterocycles. The second-order valence-corrected chi connectivity index (χ2v) is 2.75. The summed E-state index contributed by atoms with van der Waals surface area (Å²) in [6.45, 7) is -2.55. The largest absolute Gasteiger partial charge is 0.295 e. The van der Waals surface area contributed by atoms with Crippen LogP contribution in [0.2, 0.25) is 0 Å². The number of benzene rings is 1. The Kier molecular flexibility index (Phi) is 1.27. The molecule has 0 aliphatic heterocycles. The molecule has 0 bridgehead atoms. The van der Waals surface area contributed by atoms with Crippen molar-refractivity contribution in [1.82, 2.24) is 0 Å². The van der Waals surface area contributed by atoms with E-state index in [0.29, 0.717) is 0 Å². The SMILES string of the molecule is [2H]C([2H])([2H])C(=O)c1ccc(Br)cc1. The summed E-state index contributed by atoms with van der Waals surface area (Å²) in [6, 6.07) is 6.25. The van der Waals surface area contributed by atoms with Gasteiger partial charge < -0.3 is 0 Å². The Hall–Kier alpha value is -0.630. The van der Waals surface area contributed by atoms with Gasteiger partial charge in [-0.2, -0.15) is 0 Å². The molecule has 1 aromatic rings. The topological polar surface area (TPSA) is 17.1 Å². The van der Waals surface area contributed by atoms with Crippen LogP contribution in [0.3, 0.4) is 0 Å². The van der Waals surface area contributed by atoms with Gasteiger partial charge in [0.2, 0.25) is 0 Å². The van der Waals surface area contributed by atoms with Crippen molar-refractivity contribution in [2.45, 2.75) is 6.85 Å². The average Bonchev–Trinajstić information content (AvgIpc) is 2.03. The Bertz CT molecular complexity index is 315. The minimum atomic E-state index is -2.55. The van der Waals surface area contributed by atoms with Crippen molar-refractivity contribution in [2.75, 3.05) is 0 Å². The van der Waals surface area contributed by atoms with Crippen LogP contribution < -0.4 is 0 Å². The Balaban J connectivity index is 2.97. The van der Waals surface area contributed by atoms with E-state index < -0.39 is 12.6 Å². The van der Waals surface area contributed by atoms with E-state index in [-0.39, 0.29) is 5.56 Å². The van der Waals surface area contributed by atoms with E-state index in [0.717, 1.165) is 4.47 Å². The molecular weight excluding hydrogens is 192 g/mol. The predicted octanol–water partition coefficient (Wildman–Crippen LogP) is 2.65. The highest BCUT2D eigenvalue weighted by atomic mass is 79.9. The number of carbonyl (C=O) groups excluding carboxylic acids is 1. The molecule has 52 valence electrons. The molecule has 0 aliphatic rings. The summed E-state index contributed by atoms with van der Waals surface area (Å²) in [4.78, 5) is 11.2. The number of carbonyl (C=O) groups is 1. The van der Waals surface area contributed by atoms with Crippen molar-refractivity contribution in [3.05, 3.63) is 34.3 Å². The molecule has 0 unspecified atom stereocenters. The number of Topliss-reactive ketones (excluding diaryl/α,β-unsaturated/α-hetero) is 1. The lowest BCUT2D eigenvalue weighted by molar-refractivity contribution is 0.101. The Labute approximate surface area is 72.4 Å². The minimum Gasteiger partial charge on any atom is -0.295 e. The Morgan fingerprint density at radius 1 is 1.50 bits per heavy atom. The molecule has 0 amide bonds. The second kappa shape index (κ2) is 2.97. The maximum absolute atomic E-state index is 11.2. The van der Waals surface area contributed by atoms with Crippen LogP contribution in [0.5, 0.6) is 0 Å². The van der Waals surface area contributed by atoms with Crippen molar-refractivity contribution in [2.24, 2.45) is 0 Å². The van der Waals surface area contributed by atoms with Gasteiger partial charge in [-0.25, -0.2) is 0 Å². The van der Waals surface area contributed by atoms with Crippen LogP contribution in [0, 0.1) is 0 Å². The van der Waals surface area contributed by atoms with Crippen LogP contribution in [0.15, 0.2) is 28.7 Å². The second-order valence-electron chi connectivity index (χ2n) is 1.84. The first-order valence-electron chi connectivity index (χ1n) is 4.21. The molecule has 1 aromatic carbocycles. The van der Waals surface area contributed by atoms with Crippen LogP contribution in [-0.2, 0) is 0 Å². The maximum atomic E-state index is 11.2. The van der Waals surface area contributed by atoms with Crippen molar-refractivity contribution in [1.29, 1.82) is 0 Å². The minimum absolute atomic E-state index is 0.211. The highest BCUT2D eigenvalue weighted by molar-refractivity contribution is 9.10. The van der Waals surface area contributed by atoms with Crippen LogP contribution >= 0.6 is 15.9 Å². The first-order valence-corrected chi connectivity index (χ1v) is 3.51. The van der Waals surface area contributed by atoms with Crippen molar-refractivity contribution in [3.63, 3.8) is 0 Å². The van der Waals surface area contributed by atoms with Gasteiger partial charge in [0.1, 0.15) is 0 Å². The van der Waals surface area contributed by atoms with Crippen LogP contribution in [0.1, 0.15) is 21.3 Å². The summed E-state index contributed by atoms with van der Waals surface area (Å²) >= 11 is 3.19. The summed E-state index contributed by atoms with van der Waals surface area (Å²) in [5, 5.41) is 0. The summed E-state index contributed by atoms with van der Waals surface area (Å²) in [7, 11) is 0. The third-order valence-electron chi connectivity index (χ3n) is 1.11. The van der Waals surface area contributed by atoms with Gasteiger partial charge >= 0.3 is 0 Å². The fourth-order valence-electron chi connectivity index (χ4n) is 0.601. The van der Waals surface area contributed by atoms with E-state index in [1.54, 1.807) is 12.1 Å². The zero-order chi connectivity index (χ0) is 10.1. The molecule has 0 N–H and O–H groups in total. The highest BCUT2D eigenvalue weighted by Gasteiger charge is 1.95. The van der Waals surface area contributed by atoms with E-state index in [4.69, 9.17) is 4.11 Å². The quantitative estimate of drug-likeness (QED) is 0.639. The molecule has 0 aromatic heterocycles. The lowest BCUT2D eigenvalue weighted by atomic mass is 10.2. The first-order chi connectivity index (χ1) is 5.91. The fraction of sp³-hybridized carbons (Fsp3) is 0.125. The molecule has 0 radical (unpaired) electrons. The van der Waals surface area contributed by atoms with E-state index in [2.05, 4.69) is 15.9 Å². The van der Waals surface area contributed by atoms with Gasteiger partial charge in [0, 0.05) is 14.1 Å². The Morgan fingerprint density at radius 2 is 2.10 bits per heavy atom. The van der Waals surface area contributed by atoms with Gasteiger partial charge in [-0.15, -0.1) is 0 Å². The number of rotatable bonds is 1. The van der Waals surface area contributed by atoms with Crippen molar-refractivity contribution < 1.29 is 8.91 Å². The normalized spacial score (nSPS) is 15.1. The summed E-state index contributed by atoms with van der Waals surface area (Å²) in [5.41, 5.74) is 0.211. The molecule has 0 saturated carbocycles. The monoisotopic (exact) mass is 201 g/mol. The number of hydrogen-bond donors (Lipinski definition) is 0. The predicted molar refractivity (Wildman–Crippen MR) is 44.1 cm³/mol. The van der Waals surface area contributed by atoms with E-state index in [9.17, 15) is 4.79 Å². The van der Waals surface area contributed by atoms with Gasteiger partial charge in [-0.1, -0.05) is 28.1 Å². The third kappa shape index (κ3) is 1.67. The zero-order valence-corrected chi connectivity index (χ0v) is 6.68. The molecule has 0 fully saturated rings. The van der Waals surface area contributed by atoms with Gasteiger partial charge in [0.25, 0.3) is 0 Å². The molecule has 2 heteroatoms. The molecule has 1 rings (SSSR count). The van der Waals surface area contributed by atoms with Gasteiger partial charge in [-0.05, 0) is 19.0 Å². The lowest BCUT2D eigenvalue weighted by Crippen LogP contribution is -1.89. The maximum Gasteiger partial charge on any atom is 0.159 e. The first kappa shape index (κ1) is 4.29. The van der Waals surface area contributed by atoms with E-state index >= 15 is 0 Å². The smallest absolute Gasteiger partial charge is 0.159 e. The molecular formula is C8H7BrO.